The summed E-state index contributed by atoms with van der Waals surface area (Å²) in [7, 11) is 0. The number of H-pyrrole nitrogens is 1. The molecule has 2 heterocycles. The van der Waals surface area contributed by atoms with Crippen molar-refractivity contribution >= 4 is 46.4 Å². The molecular weight excluding hydrogens is 457 g/mol. The Bertz CT molecular complexity index is 1240. The number of rotatable bonds is 5. The summed E-state index contributed by atoms with van der Waals surface area (Å²) >= 11 is 18.5. The number of halogens is 3. The minimum Gasteiger partial charge on any atom is -0.318 e. The van der Waals surface area contributed by atoms with Gasteiger partial charge in [-0.1, -0.05) is 53.0 Å². The highest BCUT2D eigenvalue weighted by molar-refractivity contribution is 6.36. The average molecular weight is 475 g/mol. The van der Waals surface area contributed by atoms with E-state index in [-0.39, 0.29) is 5.91 Å². The highest BCUT2D eigenvalue weighted by Crippen LogP contribution is 2.28. The van der Waals surface area contributed by atoms with Crippen molar-refractivity contribution in [1.82, 2.24) is 20.0 Å². The van der Waals surface area contributed by atoms with E-state index < -0.39 is 0 Å². The highest BCUT2D eigenvalue weighted by Gasteiger charge is 2.18. The van der Waals surface area contributed by atoms with Gasteiger partial charge in [0.15, 0.2) is 0 Å². The summed E-state index contributed by atoms with van der Waals surface area (Å²) in [5.74, 6) is -0.311. The number of carbonyl (C=O) groups is 1. The number of anilines is 1. The van der Waals surface area contributed by atoms with Gasteiger partial charge in [-0.3, -0.25) is 14.6 Å². The largest absolute Gasteiger partial charge is 0.318 e. The van der Waals surface area contributed by atoms with E-state index >= 15 is 0 Å². The molecule has 0 radical (unpaired) electrons. The molecule has 0 spiro atoms. The molecule has 0 saturated heterocycles. The van der Waals surface area contributed by atoms with Crippen molar-refractivity contribution in [2.24, 2.45) is 0 Å². The average Bonchev–Trinajstić information content (AvgIpc) is 3.32. The number of aryl methyl sites for hydroxylation is 1. The maximum absolute atomic E-state index is 12.8. The molecule has 0 aliphatic rings. The Morgan fingerprint density at radius 3 is 2.42 bits per heavy atom. The fraction of sp³-hybridized carbons (Fsp3) is 0.136. The van der Waals surface area contributed by atoms with Crippen LogP contribution < -0.4 is 5.32 Å². The Morgan fingerprint density at radius 2 is 1.74 bits per heavy atom. The van der Waals surface area contributed by atoms with Gasteiger partial charge in [-0.05, 0) is 44.2 Å². The smallest absolute Gasteiger partial charge is 0.273 e. The van der Waals surface area contributed by atoms with Crippen molar-refractivity contribution in [3.05, 3.63) is 86.2 Å². The van der Waals surface area contributed by atoms with Gasteiger partial charge >= 0.3 is 0 Å². The van der Waals surface area contributed by atoms with Gasteiger partial charge in [0.05, 0.1) is 29.3 Å². The number of hydrogen-bond donors (Lipinski definition) is 2. The number of benzene rings is 2. The zero-order valence-electron chi connectivity index (χ0n) is 16.7. The third-order valence-corrected chi connectivity index (χ3v) is 5.91. The maximum Gasteiger partial charge on any atom is 0.273 e. The van der Waals surface area contributed by atoms with Crippen molar-refractivity contribution in [2.75, 3.05) is 5.32 Å². The number of carbonyl (C=O) groups excluding carboxylic acids is 1. The minimum absolute atomic E-state index is 0.311. The number of aromatic nitrogens is 4. The Morgan fingerprint density at radius 1 is 1.06 bits per heavy atom. The Labute approximate surface area is 194 Å². The van der Waals surface area contributed by atoms with E-state index in [9.17, 15) is 4.79 Å². The van der Waals surface area contributed by atoms with E-state index in [2.05, 4.69) is 20.6 Å². The van der Waals surface area contributed by atoms with Gasteiger partial charge in [-0.15, -0.1) is 0 Å². The highest BCUT2D eigenvalue weighted by atomic mass is 35.5. The summed E-state index contributed by atoms with van der Waals surface area (Å²) in [4.78, 5) is 12.8. The first kappa shape index (κ1) is 21.4. The first-order valence-electron chi connectivity index (χ1n) is 9.43. The quantitative estimate of drug-likeness (QED) is 0.364. The second kappa shape index (κ2) is 8.75. The molecule has 0 fully saturated rings. The predicted molar refractivity (Wildman–Crippen MR) is 124 cm³/mol. The molecule has 0 saturated carbocycles. The van der Waals surface area contributed by atoms with Gasteiger partial charge in [0.2, 0.25) is 0 Å². The molecule has 6 nitrogen and oxygen atoms in total. The fourth-order valence-corrected chi connectivity index (χ4v) is 3.90. The van der Waals surface area contributed by atoms with Crippen LogP contribution in [0.3, 0.4) is 0 Å². The first-order valence-corrected chi connectivity index (χ1v) is 10.6. The van der Waals surface area contributed by atoms with Crippen LogP contribution >= 0.6 is 34.8 Å². The van der Waals surface area contributed by atoms with Crippen LogP contribution in [-0.2, 0) is 6.54 Å². The molecule has 0 aliphatic carbocycles. The van der Waals surface area contributed by atoms with E-state index in [1.165, 1.54) is 0 Å². The standard InChI is InChI=1S/C22H18Cl3N5O/c1-12-21(13(2)30(29-12)11-16-17(24)4-3-5-18(16)25)26-22(31)20-10-19(27-28-20)14-6-8-15(23)9-7-14/h3-10H,11H2,1-2H3,(H,26,31)(H,27,28). The zero-order valence-corrected chi connectivity index (χ0v) is 19.0. The zero-order chi connectivity index (χ0) is 22.1. The van der Waals surface area contributed by atoms with Crippen LogP contribution in [0.4, 0.5) is 5.69 Å². The molecule has 0 aliphatic heterocycles. The van der Waals surface area contributed by atoms with Crippen molar-refractivity contribution < 1.29 is 4.79 Å². The number of aromatic amines is 1. The fourth-order valence-electron chi connectivity index (χ4n) is 3.25. The SMILES string of the molecule is Cc1nn(Cc2c(Cl)cccc2Cl)c(C)c1NC(=O)c1cc(-c2ccc(Cl)cc2)n[nH]1. The Balaban J connectivity index is 1.55. The number of hydrogen-bond acceptors (Lipinski definition) is 3. The van der Waals surface area contributed by atoms with Gasteiger partial charge in [-0.2, -0.15) is 10.2 Å². The first-order chi connectivity index (χ1) is 14.8. The lowest BCUT2D eigenvalue weighted by molar-refractivity contribution is 0.102. The third kappa shape index (κ3) is 4.46. The summed E-state index contributed by atoms with van der Waals surface area (Å²) in [6.07, 6.45) is 0. The summed E-state index contributed by atoms with van der Waals surface area (Å²) in [6.45, 7) is 4.11. The molecule has 0 atom stereocenters. The molecule has 1 amide bonds. The van der Waals surface area contributed by atoms with Crippen LogP contribution in [0.25, 0.3) is 11.3 Å². The lowest BCUT2D eigenvalue weighted by Gasteiger charge is -2.09. The van der Waals surface area contributed by atoms with Crippen LogP contribution in [-0.4, -0.2) is 25.9 Å². The Hall–Kier alpha value is -2.80. The number of amides is 1. The van der Waals surface area contributed by atoms with Gasteiger partial charge < -0.3 is 5.32 Å². The van der Waals surface area contributed by atoms with Gasteiger partial charge in [-0.25, -0.2) is 0 Å². The van der Waals surface area contributed by atoms with Gasteiger partial charge in [0, 0.05) is 26.2 Å². The lowest BCUT2D eigenvalue weighted by Crippen LogP contribution is -2.14. The topological polar surface area (TPSA) is 75.6 Å². The predicted octanol–water partition coefficient (Wildman–Crippen LogP) is 6.15. The van der Waals surface area contributed by atoms with Crippen LogP contribution in [0.15, 0.2) is 48.5 Å². The molecule has 0 bridgehead atoms. The normalized spacial score (nSPS) is 11.0. The molecule has 2 aromatic heterocycles. The summed E-state index contributed by atoms with van der Waals surface area (Å²) < 4.78 is 1.77. The van der Waals surface area contributed by atoms with Gasteiger partial charge in [0.25, 0.3) is 5.91 Å². The van der Waals surface area contributed by atoms with Crippen LogP contribution in [0, 0.1) is 13.8 Å². The molecule has 9 heteroatoms. The molecule has 2 aromatic carbocycles. The molecular formula is C22H18Cl3N5O. The summed E-state index contributed by atoms with van der Waals surface area (Å²) in [6, 6.07) is 14.3. The van der Waals surface area contributed by atoms with Crippen molar-refractivity contribution in [1.29, 1.82) is 0 Å². The van der Waals surface area contributed by atoms with Crippen molar-refractivity contribution in [3.8, 4) is 11.3 Å². The van der Waals surface area contributed by atoms with E-state index in [0.717, 1.165) is 16.8 Å². The molecule has 31 heavy (non-hydrogen) atoms. The van der Waals surface area contributed by atoms with Crippen LogP contribution in [0.5, 0.6) is 0 Å². The molecule has 4 rings (SSSR count). The third-order valence-electron chi connectivity index (χ3n) is 4.95. The molecule has 0 unspecified atom stereocenters. The summed E-state index contributed by atoms with van der Waals surface area (Å²) in [5.41, 5.74) is 4.73. The Kier molecular flexibility index (Phi) is 6.05. The lowest BCUT2D eigenvalue weighted by atomic mass is 10.1. The second-order valence-electron chi connectivity index (χ2n) is 7.03. The van der Waals surface area contributed by atoms with Crippen molar-refractivity contribution in [2.45, 2.75) is 20.4 Å². The molecule has 158 valence electrons. The second-order valence-corrected chi connectivity index (χ2v) is 8.28. The van der Waals surface area contributed by atoms with E-state index in [4.69, 9.17) is 34.8 Å². The minimum atomic E-state index is -0.311. The van der Waals surface area contributed by atoms with Crippen LogP contribution in [0.1, 0.15) is 27.4 Å². The van der Waals surface area contributed by atoms with E-state index in [0.29, 0.717) is 44.4 Å². The number of nitrogens with zero attached hydrogens (tertiary/aromatic N) is 3. The van der Waals surface area contributed by atoms with E-state index in [1.807, 2.05) is 26.0 Å². The van der Waals surface area contributed by atoms with Gasteiger partial charge in [0.1, 0.15) is 5.69 Å². The molecule has 2 N–H and O–H groups in total. The number of nitrogens with one attached hydrogen (secondary N) is 2. The maximum atomic E-state index is 12.8. The van der Waals surface area contributed by atoms with Crippen LogP contribution in [0.2, 0.25) is 15.1 Å². The van der Waals surface area contributed by atoms with E-state index in [1.54, 1.807) is 41.1 Å². The summed E-state index contributed by atoms with van der Waals surface area (Å²) in [5, 5.41) is 16.2. The van der Waals surface area contributed by atoms with Crippen molar-refractivity contribution in [3.63, 3.8) is 0 Å². The molecule has 4 aromatic rings. The monoisotopic (exact) mass is 473 g/mol.